The molecule has 0 bridgehead atoms. The van der Waals surface area contributed by atoms with Crippen molar-refractivity contribution in [2.45, 2.75) is 12.3 Å². The third-order valence-corrected chi connectivity index (χ3v) is 2.86. The molecule has 0 saturated carbocycles. The highest BCUT2D eigenvalue weighted by atomic mass is 79.9. The van der Waals surface area contributed by atoms with Gasteiger partial charge < -0.3 is 0 Å². The molecule has 0 aliphatic carbocycles. The van der Waals surface area contributed by atoms with Gasteiger partial charge in [-0.25, -0.2) is 0 Å². The minimum absolute atomic E-state index is 0.963. The molecule has 1 aliphatic heterocycles. The highest BCUT2D eigenvalue weighted by Gasteiger charge is 2.09. The van der Waals surface area contributed by atoms with Crippen molar-refractivity contribution in [3.63, 3.8) is 0 Å². The van der Waals surface area contributed by atoms with Crippen LogP contribution in [0.3, 0.4) is 0 Å². The maximum atomic E-state index is 4.26. The summed E-state index contributed by atoms with van der Waals surface area (Å²) in [6, 6.07) is 2.10. The van der Waals surface area contributed by atoms with Gasteiger partial charge in [0.1, 0.15) is 4.60 Å². The zero-order valence-electron chi connectivity index (χ0n) is 5.38. The van der Waals surface area contributed by atoms with Crippen molar-refractivity contribution in [2.75, 3.05) is 5.75 Å². The molecule has 10 heavy (non-hydrogen) atoms. The molecule has 1 aromatic heterocycles. The predicted molar refractivity (Wildman–Crippen MR) is 46.1 cm³/mol. The molecule has 0 aromatic carbocycles. The first-order chi connectivity index (χ1) is 4.86. The Morgan fingerprint density at radius 1 is 1.70 bits per heavy atom. The molecule has 54 valence electrons. The third kappa shape index (κ3) is 1.10. The highest BCUT2D eigenvalue weighted by molar-refractivity contribution is 9.10. The molecule has 0 saturated heterocycles. The normalized spacial score (nSPS) is 16.9. The Hall–Kier alpha value is 0.0400. The molecule has 2 rings (SSSR count). The van der Waals surface area contributed by atoms with Crippen LogP contribution < -0.4 is 0 Å². The summed E-state index contributed by atoms with van der Waals surface area (Å²) in [5, 5.41) is 4.26. The van der Waals surface area contributed by atoms with E-state index in [0.717, 1.165) is 16.9 Å². The van der Waals surface area contributed by atoms with Gasteiger partial charge in [-0.05, 0) is 28.4 Å². The average molecular weight is 219 g/mol. The maximum absolute atomic E-state index is 4.26. The van der Waals surface area contributed by atoms with E-state index in [1.54, 1.807) is 0 Å². The summed E-state index contributed by atoms with van der Waals surface area (Å²) >= 11 is 5.28. The predicted octanol–water partition coefficient (Wildman–Crippen LogP) is 1.89. The molecule has 0 amide bonds. The molecule has 0 spiro atoms. The Morgan fingerprint density at radius 2 is 2.60 bits per heavy atom. The summed E-state index contributed by atoms with van der Waals surface area (Å²) in [6.45, 7) is 0. The first-order valence-corrected chi connectivity index (χ1v) is 5.11. The monoisotopic (exact) mass is 218 g/mol. The van der Waals surface area contributed by atoms with Gasteiger partial charge in [-0.3, -0.25) is 4.68 Å². The molecule has 0 radical (unpaired) electrons. The minimum atomic E-state index is 0.963. The largest absolute Gasteiger partial charge is 0.258 e. The van der Waals surface area contributed by atoms with Crippen LogP contribution in [-0.2, 0) is 12.3 Å². The van der Waals surface area contributed by atoms with Crippen LogP contribution >= 0.6 is 27.7 Å². The van der Waals surface area contributed by atoms with E-state index >= 15 is 0 Å². The van der Waals surface area contributed by atoms with Crippen molar-refractivity contribution in [3.05, 3.63) is 16.4 Å². The molecule has 4 heteroatoms. The van der Waals surface area contributed by atoms with E-state index < -0.39 is 0 Å². The Labute approximate surface area is 72.1 Å². The number of nitrogens with zero attached hydrogens (tertiary/aromatic N) is 2. The first-order valence-electron chi connectivity index (χ1n) is 3.16. The topological polar surface area (TPSA) is 17.8 Å². The SMILES string of the molecule is Brc1cc2n(n1)CSCC2. The van der Waals surface area contributed by atoms with E-state index in [9.17, 15) is 0 Å². The van der Waals surface area contributed by atoms with Crippen LogP contribution in [0.2, 0.25) is 0 Å². The van der Waals surface area contributed by atoms with E-state index in [0.29, 0.717) is 0 Å². The van der Waals surface area contributed by atoms with Crippen LogP contribution in [0.4, 0.5) is 0 Å². The summed E-state index contributed by atoms with van der Waals surface area (Å²) in [5.74, 6) is 2.25. The first kappa shape index (κ1) is 6.73. The lowest BCUT2D eigenvalue weighted by molar-refractivity contribution is 0.687. The quantitative estimate of drug-likeness (QED) is 0.663. The number of aryl methyl sites for hydroxylation is 1. The lowest BCUT2D eigenvalue weighted by atomic mass is 10.3. The van der Waals surface area contributed by atoms with E-state index in [1.807, 2.05) is 11.8 Å². The standard InChI is InChI=1S/C6H7BrN2S/c7-6-3-5-1-2-10-4-9(5)8-6/h3H,1-2,4H2. The summed E-state index contributed by atoms with van der Waals surface area (Å²) < 4.78 is 3.02. The van der Waals surface area contributed by atoms with Gasteiger partial charge in [0.05, 0.1) is 5.88 Å². The Morgan fingerprint density at radius 3 is 3.40 bits per heavy atom. The van der Waals surface area contributed by atoms with E-state index in [4.69, 9.17) is 0 Å². The molecule has 0 fully saturated rings. The number of halogens is 1. The van der Waals surface area contributed by atoms with Gasteiger partial charge in [-0.15, -0.1) is 11.8 Å². The molecular formula is C6H7BrN2S. The maximum Gasteiger partial charge on any atom is 0.128 e. The van der Waals surface area contributed by atoms with Gasteiger partial charge in [0.25, 0.3) is 0 Å². The summed E-state index contributed by atoms with van der Waals surface area (Å²) in [6.07, 6.45) is 1.16. The summed E-state index contributed by atoms with van der Waals surface area (Å²) in [4.78, 5) is 0. The van der Waals surface area contributed by atoms with E-state index in [1.165, 1.54) is 11.4 Å². The smallest absolute Gasteiger partial charge is 0.128 e. The minimum Gasteiger partial charge on any atom is -0.258 e. The molecule has 0 unspecified atom stereocenters. The average Bonchev–Trinajstić information content (AvgIpc) is 2.27. The Bertz CT molecular complexity index is 222. The Kier molecular flexibility index (Phi) is 1.74. The van der Waals surface area contributed by atoms with Crippen LogP contribution in [0, 0.1) is 0 Å². The molecule has 2 heterocycles. The van der Waals surface area contributed by atoms with Gasteiger partial charge in [-0.1, -0.05) is 0 Å². The number of hydrogen-bond donors (Lipinski definition) is 0. The van der Waals surface area contributed by atoms with E-state index in [-0.39, 0.29) is 0 Å². The van der Waals surface area contributed by atoms with Crippen LogP contribution in [0.1, 0.15) is 5.69 Å². The number of aromatic nitrogens is 2. The fraction of sp³-hybridized carbons (Fsp3) is 0.500. The second-order valence-electron chi connectivity index (χ2n) is 2.25. The van der Waals surface area contributed by atoms with Crippen LogP contribution in [0.5, 0.6) is 0 Å². The molecule has 1 aromatic rings. The van der Waals surface area contributed by atoms with Crippen LogP contribution in [0.15, 0.2) is 10.7 Å². The summed E-state index contributed by atoms with van der Waals surface area (Å²) in [5.41, 5.74) is 1.35. The highest BCUT2D eigenvalue weighted by Crippen LogP contribution is 2.20. The number of thioether (sulfide) groups is 1. The van der Waals surface area contributed by atoms with Crippen molar-refractivity contribution in [3.8, 4) is 0 Å². The Balaban J connectivity index is 2.41. The number of rotatable bonds is 0. The van der Waals surface area contributed by atoms with Crippen molar-refractivity contribution in [1.29, 1.82) is 0 Å². The fourth-order valence-corrected chi connectivity index (χ4v) is 2.40. The summed E-state index contributed by atoms with van der Waals surface area (Å²) in [7, 11) is 0. The van der Waals surface area contributed by atoms with Crippen LogP contribution in [0.25, 0.3) is 0 Å². The fourth-order valence-electron chi connectivity index (χ4n) is 1.06. The zero-order valence-corrected chi connectivity index (χ0v) is 7.78. The van der Waals surface area contributed by atoms with Crippen molar-refractivity contribution in [1.82, 2.24) is 9.78 Å². The molecule has 1 aliphatic rings. The molecule has 0 N–H and O–H groups in total. The van der Waals surface area contributed by atoms with Gasteiger partial charge in [0.15, 0.2) is 0 Å². The van der Waals surface area contributed by atoms with Crippen molar-refractivity contribution in [2.24, 2.45) is 0 Å². The van der Waals surface area contributed by atoms with Gasteiger partial charge in [0.2, 0.25) is 0 Å². The number of fused-ring (bicyclic) bond motifs is 1. The van der Waals surface area contributed by atoms with Crippen molar-refractivity contribution < 1.29 is 0 Å². The van der Waals surface area contributed by atoms with Crippen molar-refractivity contribution >= 4 is 27.7 Å². The molecule has 0 atom stereocenters. The zero-order chi connectivity index (χ0) is 6.97. The molecular weight excluding hydrogens is 212 g/mol. The molecule has 2 nitrogen and oxygen atoms in total. The third-order valence-electron chi connectivity index (χ3n) is 1.55. The van der Waals surface area contributed by atoms with Gasteiger partial charge in [0, 0.05) is 11.4 Å². The number of hydrogen-bond acceptors (Lipinski definition) is 2. The second-order valence-corrected chi connectivity index (χ2v) is 4.13. The van der Waals surface area contributed by atoms with Crippen LogP contribution in [-0.4, -0.2) is 15.5 Å². The van der Waals surface area contributed by atoms with E-state index in [2.05, 4.69) is 31.8 Å². The lowest BCUT2D eigenvalue weighted by Crippen LogP contribution is -2.09. The lowest BCUT2D eigenvalue weighted by Gasteiger charge is -2.11. The van der Waals surface area contributed by atoms with Gasteiger partial charge >= 0.3 is 0 Å². The van der Waals surface area contributed by atoms with Gasteiger partial charge in [-0.2, -0.15) is 5.10 Å². The second kappa shape index (κ2) is 2.58.